The van der Waals surface area contributed by atoms with Crippen LogP contribution in [-0.2, 0) is 4.74 Å². The van der Waals surface area contributed by atoms with Gasteiger partial charge in [-0.2, -0.15) is 11.8 Å². The molecule has 1 heterocycles. The Morgan fingerprint density at radius 2 is 2.36 bits per heavy atom. The molecule has 3 heteroatoms. The Morgan fingerprint density at radius 1 is 1.43 bits per heavy atom. The quantitative estimate of drug-likeness (QED) is 0.541. The monoisotopic (exact) mass is 215 g/mol. The van der Waals surface area contributed by atoms with Crippen LogP contribution >= 0.6 is 11.8 Å². The molecular formula is C11H21NOS. The van der Waals surface area contributed by atoms with Crippen molar-refractivity contribution >= 4 is 11.8 Å². The molecular weight excluding hydrogens is 194 g/mol. The summed E-state index contributed by atoms with van der Waals surface area (Å²) in [6.07, 6.45) is 5.61. The fourth-order valence-electron chi connectivity index (χ4n) is 1.61. The van der Waals surface area contributed by atoms with E-state index in [4.69, 9.17) is 4.74 Å². The maximum atomic E-state index is 5.41. The average molecular weight is 215 g/mol. The summed E-state index contributed by atoms with van der Waals surface area (Å²) in [6, 6.07) is 0.682. The van der Waals surface area contributed by atoms with Gasteiger partial charge in [0.1, 0.15) is 0 Å². The minimum Gasteiger partial charge on any atom is -0.381 e. The number of nitrogens with one attached hydrogen (secondary N) is 1. The van der Waals surface area contributed by atoms with Crippen LogP contribution in [0.2, 0.25) is 0 Å². The molecule has 0 bridgehead atoms. The van der Waals surface area contributed by atoms with E-state index in [0.29, 0.717) is 6.04 Å². The Balaban J connectivity index is 1.96. The maximum absolute atomic E-state index is 5.41. The molecule has 0 radical (unpaired) electrons. The Morgan fingerprint density at radius 3 is 3.21 bits per heavy atom. The van der Waals surface area contributed by atoms with Crippen LogP contribution in [0.15, 0.2) is 12.7 Å². The summed E-state index contributed by atoms with van der Waals surface area (Å²) in [5.74, 6) is 2.25. The van der Waals surface area contributed by atoms with Crippen molar-refractivity contribution in [1.82, 2.24) is 5.32 Å². The summed E-state index contributed by atoms with van der Waals surface area (Å²) in [7, 11) is 0. The minimum absolute atomic E-state index is 0.682. The minimum atomic E-state index is 0.682. The van der Waals surface area contributed by atoms with Gasteiger partial charge in [0.25, 0.3) is 0 Å². The Kier molecular flexibility index (Phi) is 7.19. The van der Waals surface area contributed by atoms with Crippen LogP contribution in [0.5, 0.6) is 0 Å². The van der Waals surface area contributed by atoms with Crippen molar-refractivity contribution in [2.24, 2.45) is 0 Å². The molecule has 14 heavy (non-hydrogen) atoms. The second kappa shape index (κ2) is 8.33. The zero-order chi connectivity index (χ0) is 10.1. The highest BCUT2D eigenvalue weighted by Gasteiger charge is 2.10. The van der Waals surface area contributed by atoms with Crippen molar-refractivity contribution in [3.8, 4) is 0 Å². The van der Waals surface area contributed by atoms with Gasteiger partial charge in [0.15, 0.2) is 0 Å². The Hall–Kier alpha value is 0.01000. The molecule has 82 valence electrons. The molecule has 0 aromatic carbocycles. The fraction of sp³-hybridized carbons (Fsp3) is 0.818. The lowest BCUT2D eigenvalue weighted by atomic mass is 10.1. The largest absolute Gasteiger partial charge is 0.381 e. The van der Waals surface area contributed by atoms with E-state index < -0.39 is 0 Å². The molecule has 0 aliphatic carbocycles. The van der Waals surface area contributed by atoms with Crippen molar-refractivity contribution in [1.29, 1.82) is 0 Å². The van der Waals surface area contributed by atoms with Crippen molar-refractivity contribution in [3.63, 3.8) is 0 Å². The van der Waals surface area contributed by atoms with Gasteiger partial charge in [0.05, 0.1) is 0 Å². The number of rotatable bonds is 6. The summed E-state index contributed by atoms with van der Waals surface area (Å²) in [4.78, 5) is 0. The van der Waals surface area contributed by atoms with Crippen molar-refractivity contribution in [2.75, 3.05) is 31.3 Å². The zero-order valence-electron chi connectivity index (χ0n) is 8.84. The second-order valence-electron chi connectivity index (χ2n) is 3.56. The molecule has 1 fully saturated rings. The highest BCUT2D eigenvalue weighted by atomic mass is 32.2. The van der Waals surface area contributed by atoms with Gasteiger partial charge in [0, 0.05) is 37.3 Å². The van der Waals surface area contributed by atoms with Gasteiger partial charge in [-0.15, -0.1) is 6.58 Å². The van der Waals surface area contributed by atoms with Gasteiger partial charge in [-0.3, -0.25) is 0 Å². The van der Waals surface area contributed by atoms with E-state index >= 15 is 0 Å². The summed E-state index contributed by atoms with van der Waals surface area (Å²) in [5, 5.41) is 3.59. The number of thioether (sulfide) groups is 1. The Bertz CT molecular complexity index is 144. The van der Waals surface area contributed by atoms with Gasteiger partial charge in [-0.05, 0) is 19.3 Å². The van der Waals surface area contributed by atoms with E-state index in [2.05, 4.69) is 11.9 Å². The first-order valence-corrected chi connectivity index (χ1v) is 6.58. The summed E-state index contributed by atoms with van der Waals surface area (Å²) < 4.78 is 5.41. The lowest BCUT2D eigenvalue weighted by molar-refractivity contribution is 0.142. The van der Waals surface area contributed by atoms with Crippen LogP contribution in [0.25, 0.3) is 0 Å². The molecule has 1 rings (SSSR count). The summed E-state index contributed by atoms with van der Waals surface area (Å²) >= 11 is 1.94. The van der Waals surface area contributed by atoms with Crippen molar-refractivity contribution in [2.45, 2.75) is 25.3 Å². The van der Waals surface area contributed by atoms with E-state index in [-0.39, 0.29) is 0 Å². The lowest BCUT2D eigenvalue weighted by Crippen LogP contribution is -2.31. The standard InChI is InChI=1S/C11H21NOS/c1-2-9-14-10-6-12-11-4-3-7-13-8-5-11/h2,11-12H,1,3-10H2. The molecule has 1 unspecified atom stereocenters. The maximum Gasteiger partial charge on any atom is 0.0480 e. The third kappa shape index (κ3) is 5.68. The molecule has 0 saturated carbocycles. The van der Waals surface area contributed by atoms with E-state index in [0.717, 1.165) is 25.5 Å². The average Bonchev–Trinajstić information content (AvgIpc) is 2.46. The first-order valence-electron chi connectivity index (χ1n) is 5.43. The van der Waals surface area contributed by atoms with Crippen molar-refractivity contribution < 1.29 is 4.74 Å². The van der Waals surface area contributed by atoms with Crippen LogP contribution in [0.1, 0.15) is 19.3 Å². The predicted molar refractivity (Wildman–Crippen MR) is 64.0 cm³/mol. The number of hydrogen-bond donors (Lipinski definition) is 1. The number of hydrogen-bond acceptors (Lipinski definition) is 3. The fourth-order valence-corrected chi connectivity index (χ4v) is 2.21. The highest BCUT2D eigenvalue weighted by molar-refractivity contribution is 7.99. The van der Waals surface area contributed by atoms with E-state index in [1.807, 2.05) is 17.8 Å². The topological polar surface area (TPSA) is 21.3 Å². The number of ether oxygens (including phenoxy) is 1. The molecule has 0 aromatic rings. The first-order chi connectivity index (χ1) is 6.93. The first kappa shape index (κ1) is 12.1. The van der Waals surface area contributed by atoms with Crippen LogP contribution in [0.3, 0.4) is 0 Å². The third-order valence-corrected chi connectivity index (χ3v) is 3.33. The van der Waals surface area contributed by atoms with E-state index in [1.165, 1.54) is 25.0 Å². The molecule has 0 aromatic heterocycles. The van der Waals surface area contributed by atoms with Crippen LogP contribution in [0.4, 0.5) is 0 Å². The molecule has 2 nitrogen and oxygen atoms in total. The normalized spacial score (nSPS) is 23.0. The van der Waals surface area contributed by atoms with Crippen molar-refractivity contribution in [3.05, 3.63) is 12.7 Å². The van der Waals surface area contributed by atoms with Crippen LogP contribution < -0.4 is 5.32 Å². The highest BCUT2D eigenvalue weighted by Crippen LogP contribution is 2.08. The second-order valence-corrected chi connectivity index (χ2v) is 4.71. The van der Waals surface area contributed by atoms with Gasteiger partial charge in [-0.25, -0.2) is 0 Å². The predicted octanol–water partition coefficient (Wildman–Crippen LogP) is 2.06. The lowest BCUT2D eigenvalue weighted by Gasteiger charge is -2.14. The van der Waals surface area contributed by atoms with Crippen LogP contribution in [-0.4, -0.2) is 37.3 Å². The van der Waals surface area contributed by atoms with Gasteiger partial charge >= 0.3 is 0 Å². The molecule has 1 N–H and O–H groups in total. The molecule has 0 spiro atoms. The van der Waals surface area contributed by atoms with E-state index in [1.54, 1.807) is 0 Å². The summed E-state index contributed by atoms with van der Waals surface area (Å²) in [5.41, 5.74) is 0. The Labute approximate surface area is 91.5 Å². The SMILES string of the molecule is C=CCSCCNC1CCCOCC1. The van der Waals surface area contributed by atoms with Gasteiger partial charge in [-0.1, -0.05) is 6.08 Å². The smallest absolute Gasteiger partial charge is 0.0480 e. The summed E-state index contributed by atoms with van der Waals surface area (Å²) in [6.45, 7) is 6.69. The molecule has 1 aliphatic rings. The van der Waals surface area contributed by atoms with Crippen LogP contribution in [0, 0.1) is 0 Å². The molecule has 1 aliphatic heterocycles. The van der Waals surface area contributed by atoms with Gasteiger partial charge in [0.2, 0.25) is 0 Å². The zero-order valence-corrected chi connectivity index (χ0v) is 9.65. The molecule has 0 amide bonds. The van der Waals surface area contributed by atoms with Gasteiger partial charge < -0.3 is 10.1 Å². The molecule has 1 saturated heterocycles. The third-order valence-electron chi connectivity index (χ3n) is 2.37. The van der Waals surface area contributed by atoms with E-state index in [9.17, 15) is 0 Å². The molecule has 1 atom stereocenters.